The molecule has 1 aliphatic rings. The Kier molecular flexibility index (Phi) is 1.68. The minimum Gasteiger partial charge on any atom is -0.247 e. The smallest absolute Gasteiger partial charge is 0.109 e. The van der Waals surface area contributed by atoms with Gasteiger partial charge in [-0.2, -0.15) is 0 Å². The average Bonchev–Trinajstić information content (AvgIpc) is 2.43. The number of halogens is 3. The third-order valence-corrected chi connectivity index (χ3v) is 2.69. The lowest BCUT2D eigenvalue weighted by Gasteiger charge is -2.02. The van der Waals surface area contributed by atoms with Crippen molar-refractivity contribution in [3.63, 3.8) is 0 Å². The first-order valence-corrected chi connectivity index (χ1v) is 3.58. The fourth-order valence-electron chi connectivity index (χ4n) is 0.610. The molecule has 1 saturated carbocycles. The molecule has 0 aromatic rings. The van der Waals surface area contributed by atoms with E-state index in [0.717, 1.165) is 0 Å². The molecule has 0 aromatic carbocycles. The summed E-state index contributed by atoms with van der Waals surface area (Å²) in [5.74, 6) is 0.718. The van der Waals surface area contributed by atoms with Crippen molar-refractivity contribution in [2.75, 3.05) is 11.8 Å². The molecule has 0 amide bonds. The van der Waals surface area contributed by atoms with E-state index in [4.69, 9.17) is 23.2 Å². The van der Waals surface area contributed by atoms with Crippen LogP contribution < -0.4 is 0 Å². The van der Waals surface area contributed by atoms with Gasteiger partial charge in [0.05, 0.1) is 0 Å². The lowest BCUT2D eigenvalue weighted by Crippen LogP contribution is -2.07. The second-order valence-electron chi connectivity index (χ2n) is 2.30. The molecule has 0 aliphatic heterocycles. The van der Waals surface area contributed by atoms with Gasteiger partial charge >= 0.3 is 0 Å². The maximum absolute atomic E-state index is 12.3. The summed E-state index contributed by atoms with van der Waals surface area (Å²) in [6.45, 7) is 0. The van der Waals surface area contributed by atoms with Crippen LogP contribution in [0.1, 0.15) is 6.42 Å². The predicted molar refractivity (Wildman–Crippen MR) is 33.4 cm³/mol. The quantitative estimate of drug-likeness (QED) is 0.539. The van der Waals surface area contributed by atoms with Crippen LogP contribution in [-0.2, 0) is 0 Å². The van der Waals surface area contributed by atoms with Crippen LogP contribution in [-0.4, -0.2) is 17.9 Å². The summed E-state index contributed by atoms with van der Waals surface area (Å²) in [5.41, 5.74) is -0.344. The second kappa shape index (κ2) is 2.03. The van der Waals surface area contributed by atoms with Crippen molar-refractivity contribution in [3.8, 4) is 0 Å². The van der Waals surface area contributed by atoms with Gasteiger partial charge in [-0.25, -0.2) is 4.39 Å². The summed E-state index contributed by atoms with van der Waals surface area (Å²) in [4.78, 5) is 0. The van der Waals surface area contributed by atoms with Crippen molar-refractivity contribution in [2.45, 2.75) is 12.6 Å². The van der Waals surface area contributed by atoms with Gasteiger partial charge in [0.1, 0.15) is 6.17 Å². The van der Waals surface area contributed by atoms with Gasteiger partial charge in [0.2, 0.25) is 0 Å². The zero-order valence-electron chi connectivity index (χ0n) is 4.33. The van der Waals surface area contributed by atoms with Gasteiger partial charge in [0.25, 0.3) is 0 Å². The fraction of sp³-hybridized carbons (Fsp3) is 1.00. The van der Waals surface area contributed by atoms with Crippen LogP contribution in [0.4, 0.5) is 4.39 Å². The van der Waals surface area contributed by atoms with Gasteiger partial charge < -0.3 is 0 Å². The minimum absolute atomic E-state index is 0.344. The van der Waals surface area contributed by atoms with E-state index in [0.29, 0.717) is 18.2 Å². The van der Waals surface area contributed by atoms with Gasteiger partial charge in [-0.1, -0.05) is 0 Å². The van der Waals surface area contributed by atoms with Crippen molar-refractivity contribution in [3.05, 3.63) is 0 Å². The van der Waals surface area contributed by atoms with E-state index in [9.17, 15) is 4.39 Å². The molecule has 8 heavy (non-hydrogen) atoms. The van der Waals surface area contributed by atoms with Crippen molar-refractivity contribution < 1.29 is 4.39 Å². The zero-order valence-corrected chi connectivity index (χ0v) is 5.84. The highest BCUT2D eigenvalue weighted by molar-refractivity contribution is 6.21. The largest absolute Gasteiger partial charge is 0.247 e. The van der Waals surface area contributed by atoms with E-state index in [1.807, 2.05) is 0 Å². The SMILES string of the molecule is F[C@@H]1CC1(CCl)CCl. The summed E-state index contributed by atoms with van der Waals surface area (Å²) in [6, 6.07) is 0. The zero-order chi connectivity index (χ0) is 6.20. The molecule has 0 radical (unpaired) electrons. The lowest BCUT2D eigenvalue weighted by atomic mass is 10.2. The number of hydrogen-bond acceptors (Lipinski definition) is 0. The lowest BCUT2D eigenvalue weighted by molar-refractivity contribution is 0.403. The Balaban J connectivity index is 2.39. The molecule has 0 N–H and O–H groups in total. The van der Waals surface area contributed by atoms with E-state index in [1.54, 1.807) is 0 Å². The van der Waals surface area contributed by atoms with Crippen LogP contribution in [0.15, 0.2) is 0 Å². The first-order chi connectivity index (χ1) is 3.75. The van der Waals surface area contributed by atoms with Gasteiger partial charge in [-0.15, -0.1) is 23.2 Å². The Morgan fingerprint density at radius 1 is 1.50 bits per heavy atom. The molecule has 1 rings (SSSR count). The number of alkyl halides is 3. The van der Waals surface area contributed by atoms with E-state index >= 15 is 0 Å². The summed E-state index contributed by atoms with van der Waals surface area (Å²) in [6.07, 6.45) is -0.183. The topological polar surface area (TPSA) is 0 Å². The highest BCUT2D eigenvalue weighted by Gasteiger charge is 2.53. The van der Waals surface area contributed by atoms with Crippen molar-refractivity contribution in [1.82, 2.24) is 0 Å². The molecule has 0 heterocycles. The van der Waals surface area contributed by atoms with Crippen molar-refractivity contribution in [2.24, 2.45) is 5.41 Å². The van der Waals surface area contributed by atoms with Crippen molar-refractivity contribution >= 4 is 23.2 Å². The highest BCUT2D eigenvalue weighted by Crippen LogP contribution is 2.50. The van der Waals surface area contributed by atoms with Crippen LogP contribution >= 0.6 is 23.2 Å². The fourth-order valence-corrected chi connectivity index (χ4v) is 1.45. The third kappa shape index (κ3) is 0.822. The highest BCUT2D eigenvalue weighted by atomic mass is 35.5. The molecular weight excluding hydrogens is 150 g/mol. The molecular formula is C5H7Cl2F. The molecule has 0 nitrogen and oxygen atoms in total. The van der Waals surface area contributed by atoms with Gasteiger partial charge in [-0.3, -0.25) is 0 Å². The van der Waals surface area contributed by atoms with Crippen LogP contribution in [0.2, 0.25) is 0 Å². The first-order valence-electron chi connectivity index (χ1n) is 2.51. The summed E-state index contributed by atoms with van der Waals surface area (Å²) in [7, 11) is 0. The molecule has 0 bridgehead atoms. The minimum atomic E-state index is -0.738. The van der Waals surface area contributed by atoms with Crippen LogP contribution in [0.25, 0.3) is 0 Å². The normalized spacial score (nSPS) is 32.6. The molecule has 1 fully saturated rings. The molecule has 0 spiro atoms. The van der Waals surface area contributed by atoms with Crippen LogP contribution in [0.5, 0.6) is 0 Å². The van der Waals surface area contributed by atoms with E-state index in [2.05, 4.69) is 0 Å². The molecule has 0 unspecified atom stereocenters. The Bertz CT molecular complexity index is 84.9. The Morgan fingerprint density at radius 2 is 1.88 bits per heavy atom. The molecule has 48 valence electrons. The first kappa shape index (κ1) is 6.63. The Hall–Kier alpha value is 0.510. The molecule has 1 atom stereocenters. The maximum Gasteiger partial charge on any atom is 0.109 e. The number of hydrogen-bond donors (Lipinski definition) is 0. The monoisotopic (exact) mass is 156 g/mol. The molecule has 1 aliphatic carbocycles. The number of rotatable bonds is 2. The second-order valence-corrected chi connectivity index (χ2v) is 2.84. The predicted octanol–water partition coefficient (Wildman–Crippen LogP) is 2.19. The summed E-state index contributed by atoms with van der Waals surface area (Å²) < 4.78 is 12.3. The Labute approximate surface area is 58.0 Å². The standard InChI is InChI=1S/C5H7Cl2F/c6-2-5(3-7)1-4(5)8/h4H,1-3H2/t4-/m1/s1. The van der Waals surface area contributed by atoms with E-state index in [1.165, 1.54) is 0 Å². The van der Waals surface area contributed by atoms with Gasteiger partial charge in [0, 0.05) is 17.2 Å². The van der Waals surface area contributed by atoms with E-state index < -0.39 is 6.17 Å². The molecule has 3 heteroatoms. The van der Waals surface area contributed by atoms with Gasteiger partial charge in [0.15, 0.2) is 0 Å². The third-order valence-electron chi connectivity index (χ3n) is 1.62. The van der Waals surface area contributed by atoms with Crippen LogP contribution in [0, 0.1) is 5.41 Å². The maximum atomic E-state index is 12.3. The van der Waals surface area contributed by atoms with Crippen LogP contribution in [0.3, 0.4) is 0 Å². The van der Waals surface area contributed by atoms with Gasteiger partial charge in [-0.05, 0) is 6.42 Å². The average molecular weight is 157 g/mol. The van der Waals surface area contributed by atoms with Crippen molar-refractivity contribution in [1.29, 1.82) is 0 Å². The van der Waals surface area contributed by atoms with E-state index in [-0.39, 0.29) is 5.41 Å². The molecule has 0 aromatic heterocycles. The summed E-state index contributed by atoms with van der Waals surface area (Å²) >= 11 is 10.9. The molecule has 0 saturated heterocycles. The summed E-state index contributed by atoms with van der Waals surface area (Å²) in [5, 5.41) is 0. The Morgan fingerprint density at radius 3 is 1.88 bits per heavy atom.